The average Bonchev–Trinajstić information content (AvgIpc) is 3.25. The minimum absolute atomic E-state index is 0.0718. The van der Waals surface area contributed by atoms with Gasteiger partial charge in [-0.2, -0.15) is 0 Å². The molecule has 0 fully saturated rings. The molecule has 1 atom stereocenters. The van der Waals surface area contributed by atoms with E-state index >= 15 is 0 Å². The fourth-order valence-corrected chi connectivity index (χ4v) is 3.41. The smallest absolute Gasteiger partial charge is 0.223 e. The van der Waals surface area contributed by atoms with Crippen LogP contribution in [0.1, 0.15) is 12.6 Å². The van der Waals surface area contributed by atoms with Gasteiger partial charge in [-0.3, -0.25) is 4.79 Å². The largest absolute Gasteiger partial charge is 0.392 e. The Hall–Kier alpha value is -3.52. The summed E-state index contributed by atoms with van der Waals surface area (Å²) in [7, 11) is 0. The van der Waals surface area contributed by atoms with Gasteiger partial charge in [0, 0.05) is 30.1 Å². The Bertz CT molecular complexity index is 1180. The number of aromatic nitrogens is 4. The molecule has 0 aliphatic carbocycles. The van der Waals surface area contributed by atoms with Crippen molar-refractivity contribution in [3.05, 3.63) is 66.6 Å². The molecule has 0 spiro atoms. The summed E-state index contributed by atoms with van der Waals surface area (Å²) in [6.45, 7) is 2.05. The third kappa shape index (κ3) is 3.74. The van der Waals surface area contributed by atoms with Crippen molar-refractivity contribution in [3.63, 3.8) is 0 Å². The summed E-state index contributed by atoms with van der Waals surface area (Å²) in [4.78, 5) is 20.2. The highest BCUT2D eigenvalue weighted by Gasteiger charge is 2.18. The molecule has 3 heterocycles. The number of benzene rings is 1. The van der Waals surface area contributed by atoms with Crippen LogP contribution in [-0.4, -0.2) is 36.1 Å². The van der Waals surface area contributed by atoms with E-state index in [-0.39, 0.29) is 12.2 Å². The van der Waals surface area contributed by atoms with Crippen LogP contribution in [-0.2, 0) is 17.8 Å². The van der Waals surface area contributed by atoms with Crippen molar-refractivity contribution in [1.82, 2.24) is 18.9 Å². The van der Waals surface area contributed by atoms with Crippen LogP contribution in [0.25, 0.3) is 28.2 Å². The van der Waals surface area contributed by atoms with Crippen molar-refractivity contribution in [2.75, 3.05) is 0 Å². The van der Waals surface area contributed by atoms with Crippen molar-refractivity contribution in [2.24, 2.45) is 5.73 Å². The number of nitrogens with zero attached hydrogens (tertiary/aromatic N) is 4. The summed E-state index contributed by atoms with van der Waals surface area (Å²) in [6, 6.07) is 9.85. The second-order valence-corrected chi connectivity index (χ2v) is 6.99. The Balaban J connectivity index is 1.89. The van der Waals surface area contributed by atoms with Crippen molar-refractivity contribution in [2.45, 2.75) is 26.0 Å². The zero-order valence-corrected chi connectivity index (χ0v) is 15.8. The van der Waals surface area contributed by atoms with Gasteiger partial charge in [0.1, 0.15) is 11.5 Å². The molecular weight excluding hydrogens is 373 g/mol. The number of carbonyl (C=O) groups is 1. The number of carbonyl (C=O) groups excluding carboxylic acids is 1. The second kappa shape index (κ2) is 7.48. The zero-order chi connectivity index (χ0) is 20.5. The first-order valence-electron chi connectivity index (χ1n) is 9.16. The van der Waals surface area contributed by atoms with E-state index in [1.165, 1.54) is 12.1 Å². The zero-order valence-electron chi connectivity index (χ0n) is 15.8. The Morgan fingerprint density at radius 1 is 1.17 bits per heavy atom. The number of hydrogen-bond acceptors (Lipinski definition) is 4. The SMILES string of the molecule is CC(O)Cn1cnc(-c2ccc(F)cc2)c1-c1ccc2ncc(CC(N)=O)n2c1. The molecule has 8 heteroatoms. The highest BCUT2D eigenvalue weighted by Crippen LogP contribution is 2.32. The monoisotopic (exact) mass is 393 g/mol. The van der Waals surface area contributed by atoms with Crippen molar-refractivity contribution >= 4 is 11.6 Å². The molecular formula is C21H20FN5O2. The quantitative estimate of drug-likeness (QED) is 0.526. The fraction of sp³-hybridized carbons (Fsp3) is 0.190. The fourth-order valence-electron chi connectivity index (χ4n) is 3.41. The number of aliphatic hydroxyl groups excluding tert-OH is 1. The third-order valence-electron chi connectivity index (χ3n) is 4.63. The Labute approximate surface area is 166 Å². The van der Waals surface area contributed by atoms with Gasteiger partial charge in [0.15, 0.2) is 0 Å². The summed E-state index contributed by atoms with van der Waals surface area (Å²) in [5.41, 5.74) is 9.74. The maximum Gasteiger partial charge on any atom is 0.223 e. The molecule has 1 amide bonds. The van der Waals surface area contributed by atoms with E-state index in [9.17, 15) is 14.3 Å². The van der Waals surface area contributed by atoms with Crippen molar-refractivity contribution in [1.29, 1.82) is 0 Å². The number of halogens is 1. The summed E-state index contributed by atoms with van der Waals surface area (Å²) in [5, 5.41) is 9.91. The molecule has 1 unspecified atom stereocenters. The summed E-state index contributed by atoms with van der Waals surface area (Å²) in [6.07, 6.45) is 4.64. The predicted octanol–water partition coefficient (Wildman–Crippen LogP) is 2.41. The summed E-state index contributed by atoms with van der Waals surface area (Å²) in [5.74, 6) is -0.766. The molecule has 148 valence electrons. The minimum Gasteiger partial charge on any atom is -0.392 e. The number of amides is 1. The first-order chi connectivity index (χ1) is 13.9. The normalized spacial score (nSPS) is 12.4. The van der Waals surface area contributed by atoms with Crippen molar-refractivity contribution in [3.8, 4) is 22.5 Å². The number of hydrogen-bond donors (Lipinski definition) is 2. The maximum atomic E-state index is 13.4. The predicted molar refractivity (Wildman–Crippen MR) is 106 cm³/mol. The molecule has 3 N–H and O–H groups in total. The van der Waals surface area contributed by atoms with Gasteiger partial charge in [-0.05, 0) is 43.3 Å². The molecule has 0 aliphatic rings. The minimum atomic E-state index is -0.577. The van der Waals surface area contributed by atoms with E-state index in [4.69, 9.17) is 5.73 Å². The first kappa shape index (κ1) is 18.8. The van der Waals surface area contributed by atoms with Gasteiger partial charge >= 0.3 is 0 Å². The molecule has 0 bridgehead atoms. The van der Waals surface area contributed by atoms with Crippen LogP contribution in [0.5, 0.6) is 0 Å². The highest BCUT2D eigenvalue weighted by molar-refractivity contribution is 5.79. The molecule has 4 aromatic rings. The lowest BCUT2D eigenvalue weighted by atomic mass is 10.1. The average molecular weight is 393 g/mol. The van der Waals surface area contributed by atoms with E-state index in [0.29, 0.717) is 23.6 Å². The first-order valence-corrected chi connectivity index (χ1v) is 9.16. The topological polar surface area (TPSA) is 98.4 Å². The lowest BCUT2D eigenvalue weighted by Crippen LogP contribution is -2.15. The van der Waals surface area contributed by atoms with Crippen LogP contribution in [0.3, 0.4) is 0 Å². The lowest BCUT2D eigenvalue weighted by Gasteiger charge is -2.13. The van der Waals surface area contributed by atoms with Crippen LogP contribution < -0.4 is 5.73 Å². The standard InChI is InChI=1S/C21H20FN5O2/c1-13(28)10-26-12-25-20(14-2-5-16(22)6-3-14)21(26)15-4-7-19-24-9-17(8-18(23)29)27(19)11-15/h2-7,9,11-13,28H,8,10H2,1H3,(H2,23,29). The Kier molecular flexibility index (Phi) is 4.85. The number of nitrogens with two attached hydrogens (primary N) is 1. The molecule has 4 rings (SSSR count). The van der Waals surface area contributed by atoms with Crippen LogP contribution in [0, 0.1) is 5.82 Å². The van der Waals surface area contributed by atoms with Gasteiger partial charge in [0.05, 0.1) is 35.9 Å². The lowest BCUT2D eigenvalue weighted by molar-refractivity contribution is -0.117. The molecule has 7 nitrogen and oxygen atoms in total. The van der Waals surface area contributed by atoms with Gasteiger partial charge in [-0.15, -0.1) is 0 Å². The summed E-state index contributed by atoms with van der Waals surface area (Å²) >= 11 is 0. The van der Waals surface area contributed by atoms with Gasteiger partial charge < -0.3 is 19.8 Å². The van der Waals surface area contributed by atoms with Gasteiger partial charge in [0.25, 0.3) is 0 Å². The molecule has 0 radical (unpaired) electrons. The maximum absolute atomic E-state index is 13.4. The van der Waals surface area contributed by atoms with E-state index in [0.717, 1.165) is 16.8 Å². The number of fused-ring (bicyclic) bond motifs is 1. The van der Waals surface area contributed by atoms with Gasteiger partial charge in [-0.1, -0.05) is 0 Å². The number of primary amides is 1. The number of imidazole rings is 2. The highest BCUT2D eigenvalue weighted by atomic mass is 19.1. The van der Waals surface area contributed by atoms with Crippen LogP contribution in [0.15, 0.2) is 55.1 Å². The molecule has 0 aliphatic heterocycles. The van der Waals surface area contributed by atoms with E-state index in [2.05, 4.69) is 9.97 Å². The Morgan fingerprint density at radius 2 is 1.90 bits per heavy atom. The van der Waals surface area contributed by atoms with Crippen LogP contribution >= 0.6 is 0 Å². The third-order valence-corrected chi connectivity index (χ3v) is 4.63. The molecule has 1 aromatic carbocycles. The van der Waals surface area contributed by atoms with Crippen LogP contribution in [0.2, 0.25) is 0 Å². The van der Waals surface area contributed by atoms with Gasteiger partial charge in [-0.25, -0.2) is 14.4 Å². The Morgan fingerprint density at radius 3 is 2.59 bits per heavy atom. The molecule has 0 saturated heterocycles. The summed E-state index contributed by atoms with van der Waals surface area (Å²) < 4.78 is 17.1. The van der Waals surface area contributed by atoms with E-state index < -0.39 is 12.0 Å². The molecule has 29 heavy (non-hydrogen) atoms. The van der Waals surface area contributed by atoms with E-state index in [1.807, 2.05) is 27.3 Å². The van der Waals surface area contributed by atoms with Crippen LogP contribution in [0.4, 0.5) is 4.39 Å². The van der Waals surface area contributed by atoms with E-state index in [1.54, 1.807) is 31.6 Å². The molecule has 3 aromatic heterocycles. The molecule has 0 saturated carbocycles. The second-order valence-electron chi connectivity index (χ2n) is 6.99. The van der Waals surface area contributed by atoms with Crippen molar-refractivity contribution < 1.29 is 14.3 Å². The number of pyridine rings is 1. The van der Waals surface area contributed by atoms with Gasteiger partial charge in [0.2, 0.25) is 5.91 Å². The number of aliphatic hydroxyl groups is 1. The number of rotatable bonds is 6.